The third-order valence-corrected chi connectivity index (χ3v) is 6.61. The maximum absolute atomic E-state index is 13.7. The molecule has 1 saturated heterocycles. The number of carbonyl (C=O) groups excluding carboxylic acids is 2. The molecule has 1 aliphatic rings. The summed E-state index contributed by atoms with van der Waals surface area (Å²) in [6.45, 7) is 5.73. The maximum Gasteiger partial charge on any atom is 0.335 e. The van der Waals surface area contributed by atoms with Gasteiger partial charge in [-0.15, -0.1) is 0 Å². The number of imidazole rings is 1. The molecule has 1 atom stereocenters. The molecular formula is C29H28N4O5. The van der Waals surface area contributed by atoms with Crippen molar-refractivity contribution in [3.8, 4) is 11.5 Å². The Morgan fingerprint density at radius 3 is 2.26 bits per heavy atom. The molecule has 0 radical (unpaired) electrons. The number of aryl methyl sites for hydroxylation is 1. The molecular weight excluding hydrogens is 484 g/mol. The number of benzene rings is 3. The van der Waals surface area contributed by atoms with Crippen LogP contribution in [-0.2, 0) is 11.8 Å². The molecule has 9 nitrogen and oxygen atoms in total. The highest BCUT2D eigenvalue weighted by Crippen LogP contribution is 2.41. The Bertz CT molecular complexity index is 1540. The summed E-state index contributed by atoms with van der Waals surface area (Å²) in [7, 11) is 1.77. The first kappa shape index (κ1) is 25.0. The van der Waals surface area contributed by atoms with Crippen LogP contribution in [-0.4, -0.2) is 44.0 Å². The first-order valence-corrected chi connectivity index (χ1v) is 12.2. The molecule has 1 fully saturated rings. The van der Waals surface area contributed by atoms with Crippen LogP contribution in [0.2, 0.25) is 0 Å². The zero-order chi connectivity index (χ0) is 27.2. The molecule has 1 aliphatic heterocycles. The van der Waals surface area contributed by atoms with Crippen LogP contribution in [0.5, 0.6) is 11.5 Å². The van der Waals surface area contributed by atoms with Crippen molar-refractivity contribution in [2.75, 3.05) is 11.4 Å². The SMILES string of the molecule is Cn1c([C@@H](N2C(=O)CN(c3ccc(Oc4ccccc4)cc3)C2=O)C(C)(C)C)nc2ccc(C(=O)O)cc21. The van der Waals surface area contributed by atoms with Gasteiger partial charge in [-0.3, -0.25) is 14.6 Å². The van der Waals surface area contributed by atoms with Gasteiger partial charge in [0.2, 0.25) is 0 Å². The first-order chi connectivity index (χ1) is 18.0. The molecule has 3 amide bonds. The Hall–Kier alpha value is -4.66. The van der Waals surface area contributed by atoms with Gasteiger partial charge < -0.3 is 14.4 Å². The Balaban J connectivity index is 1.46. The van der Waals surface area contributed by atoms with E-state index >= 15 is 0 Å². The summed E-state index contributed by atoms with van der Waals surface area (Å²) in [5.41, 5.74) is 1.36. The van der Waals surface area contributed by atoms with Gasteiger partial charge in [-0.25, -0.2) is 14.6 Å². The minimum Gasteiger partial charge on any atom is -0.478 e. The third kappa shape index (κ3) is 4.47. The van der Waals surface area contributed by atoms with Crippen LogP contribution in [0.1, 0.15) is 43.0 Å². The van der Waals surface area contributed by atoms with E-state index in [1.165, 1.54) is 15.9 Å². The number of imide groups is 1. The highest BCUT2D eigenvalue weighted by molar-refractivity contribution is 6.12. The van der Waals surface area contributed by atoms with Crippen molar-refractivity contribution in [1.82, 2.24) is 14.5 Å². The van der Waals surface area contributed by atoms with Gasteiger partial charge in [0.15, 0.2) is 0 Å². The fraction of sp³-hybridized carbons (Fsp3) is 0.241. The summed E-state index contributed by atoms with van der Waals surface area (Å²) in [5.74, 6) is 0.443. The Labute approximate surface area is 219 Å². The average Bonchev–Trinajstić information content (AvgIpc) is 3.35. The first-order valence-electron chi connectivity index (χ1n) is 12.2. The number of fused-ring (bicyclic) bond motifs is 1. The molecule has 0 aliphatic carbocycles. The number of nitrogens with zero attached hydrogens (tertiary/aromatic N) is 4. The number of rotatable bonds is 6. The molecule has 9 heteroatoms. The second-order valence-corrected chi connectivity index (χ2v) is 10.3. The number of urea groups is 1. The number of carboxylic acid groups (broad SMARTS) is 1. The average molecular weight is 513 g/mol. The van der Waals surface area contributed by atoms with Crippen LogP contribution in [0, 0.1) is 5.41 Å². The van der Waals surface area contributed by atoms with Gasteiger partial charge in [0.1, 0.15) is 29.9 Å². The number of ether oxygens (including phenoxy) is 1. The summed E-state index contributed by atoms with van der Waals surface area (Å²) in [6, 6.07) is 20.0. The predicted molar refractivity (Wildman–Crippen MR) is 142 cm³/mol. The van der Waals surface area contributed by atoms with Crippen LogP contribution in [0.3, 0.4) is 0 Å². The lowest BCUT2D eigenvalue weighted by atomic mass is 9.85. The van der Waals surface area contributed by atoms with E-state index in [4.69, 9.17) is 9.72 Å². The molecule has 4 aromatic rings. The molecule has 5 rings (SSSR count). The van der Waals surface area contributed by atoms with Crippen molar-refractivity contribution >= 4 is 34.6 Å². The fourth-order valence-electron chi connectivity index (χ4n) is 4.77. The smallest absolute Gasteiger partial charge is 0.335 e. The molecule has 3 aromatic carbocycles. The molecule has 2 heterocycles. The molecule has 0 saturated carbocycles. The van der Waals surface area contributed by atoms with Crippen molar-refractivity contribution in [1.29, 1.82) is 0 Å². The highest BCUT2D eigenvalue weighted by Gasteiger charge is 2.47. The second kappa shape index (κ2) is 9.33. The van der Waals surface area contributed by atoms with Crippen LogP contribution in [0.15, 0.2) is 72.8 Å². The fourth-order valence-corrected chi connectivity index (χ4v) is 4.77. The quantitative estimate of drug-likeness (QED) is 0.336. The topological polar surface area (TPSA) is 105 Å². The minimum absolute atomic E-state index is 0.0998. The molecule has 0 bridgehead atoms. The third-order valence-electron chi connectivity index (χ3n) is 6.61. The standard InChI is InChI=1S/C29H28N4O5/c1-29(2,3)25(26-30-22-15-10-18(27(35)36)16-23(22)31(26)4)33-24(34)17-32(28(33)37)19-11-13-21(14-12-19)38-20-8-6-5-7-9-20/h5-16,25H,17H2,1-4H3,(H,35,36)/t25-/m1/s1. The molecule has 1 N–H and O–H groups in total. The molecule has 194 valence electrons. The Kier molecular flexibility index (Phi) is 6.14. The van der Waals surface area contributed by atoms with Crippen LogP contribution >= 0.6 is 0 Å². The molecule has 0 spiro atoms. The normalized spacial score (nSPS) is 14.8. The van der Waals surface area contributed by atoms with Gasteiger partial charge in [0, 0.05) is 12.7 Å². The lowest BCUT2D eigenvalue weighted by molar-refractivity contribution is -0.128. The van der Waals surface area contributed by atoms with Crippen LogP contribution in [0.4, 0.5) is 10.5 Å². The number of para-hydroxylation sites is 1. The largest absolute Gasteiger partial charge is 0.478 e. The van der Waals surface area contributed by atoms with E-state index in [-0.39, 0.29) is 18.0 Å². The number of hydrogen-bond acceptors (Lipinski definition) is 5. The van der Waals surface area contributed by atoms with E-state index in [2.05, 4.69) is 0 Å². The monoisotopic (exact) mass is 512 g/mol. The van der Waals surface area contributed by atoms with E-state index < -0.39 is 23.5 Å². The number of aromatic nitrogens is 2. The van der Waals surface area contributed by atoms with Crippen molar-refractivity contribution in [2.24, 2.45) is 12.5 Å². The van der Waals surface area contributed by atoms with Crippen molar-refractivity contribution in [3.05, 3.63) is 84.2 Å². The maximum atomic E-state index is 13.7. The zero-order valence-corrected chi connectivity index (χ0v) is 21.6. The van der Waals surface area contributed by atoms with Gasteiger partial charge in [0.25, 0.3) is 5.91 Å². The number of aromatic carboxylic acids is 1. The van der Waals surface area contributed by atoms with Gasteiger partial charge in [-0.1, -0.05) is 39.0 Å². The summed E-state index contributed by atoms with van der Waals surface area (Å²) >= 11 is 0. The minimum atomic E-state index is -1.04. The zero-order valence-electron chi connectivity index (χ0n) is 21.6. The van der Waals surface area contributed by atoms with Gasteiger partial charge in [0.05, 0.1) is 16.6 Å². The lowest BCUT2D eigenvalue weighted by Gasteiger charge is -2.35. The predicted octanol–water partition coefficient (Wildman–Crippen LogP) is 5.62. The summed E-state index contributed by atoms with van der Waals surface area (Å²) in [4.78, 5) is 46.0. The summed E-state index contributed by atoms with van der Waals surface area (Å²) < 4.78 is 7.60. The van der Waals surface area contributed by atoms with E-state index in [0.717, 1.165) is 0 Å². The second-order valence-electron chi connectivity index (χ2n) is 10.3. The Morgan fingerprint density at radius 2 is 1.63 bits per heavy atom. The van der Waals surface area contributed by atoms with Gasteiger partial charge >= 0.3 is 12.0 Å². The summed E-state index contributed by atoms with van der Waals surface area (Å²) in [6.07, 6.45) is 0. The van der Waals surface area contributed by atoms with Crippen LogP contribution in [0.25, 0.3) is 11.0 Å². The highest BCUT2D eigenvalue weighted by atomic mass is 16.5. The van der Waals surface area contributed by atoms with E-state index in [1.54, 1.807) is 48.0 Å². The molecule has 1 aromatic heterocycles. The van der Waals surface area contributed by atoms with Crippen LogP contribution < -0.4 is 9.64 Å². The van der Waals surface area contributed by atoms with Gasteiger partial charge in [-0.2, -0.15) is 0 Å². The number of carbonyl (C=O) groups is 3. The van der Waals surface area contributed by atoms with E-state index in [0.29, 0.717) is 34.0 Å². The van der Waals surface area contributed by atoms with E-state index in [9.17, 15) is 19.5 Å². The van der Waals surface area contributed by atoms with E-state index in [1.807, 2.05) is 51.1 Å². The lowest BCUT2D eigenvalue weighted by Crippen LogP contribution is -2.43. The number of amides is 3. The van der Waals surface area contributed by atoms with Crippen molar-refractivity contribution in [2.45, 2.75) is 26.8 Å². The van der Waals surface area contributed by atoms with Crippen molar-refractivity contribution < 1.29 is 24.2 Å². The molecule has 0 unspecified atom stereocenters. The number of anilines is 1. The van der Waals surface area contributed by atoms with Gasteiger partial charge in [-0.05, 0) is 60.0 Å². The van der Waals surface area contributed by atoms with Crippen molar-refractivity contribution in [3.63, 3.8) is 0 Å². The number of carboxylic acids is 1. The Morgan fingerprint density at radius 1 is 0.974 bits per heavy atom. The molecule has 38 heavy (non-hydrogen) atoms. The number of hydrogen-bond donors (Lipinski definition) is 1. The summed E-state index contributed by atoms with van der Waals surface area (Å²) in [5, 5.41) is 9.41.